The van der Waals surface area contributed by atoms with Crippen LogP contribution in [0.3, 0.4) is 0 Å². The van der Waals surface area contributed by atoms with E-state index in [1.807, 2.05) is 30.3 Å². The maximum absolute atomic E-state index is 12.7. The minimum Gasteiger partial charge on any atom is -0.619 e. The maximum Gasteiger partial charge on any atom is 0.339 e. The van der Waals surface area contributed by atoms with Crippen molar-refractivity contribution in [2.24, 2.45) is 5.92 Å². The van der Waals surface area contributed by atoms with Crippen LogP contribution in [0.2, 0.25) is 0 Å². The first-order valence-corrected chi connectivity index (χ1v) is 9.84. The molecule has 1 N–H and O–H groups in total. The van der Waals surface area contributed by atoms with Crippen LogP contribution in [0.4, 0.5) is 5.82 Å². The lowest BCUT2D eigenvalue weighted by atomic mass is 9.75. The Morgan fingerprint density at radius 1 is 1.20 bits per heavy atom. The zero-order chi connectivity index (χ0) is 20.7. The molecule has 0 bridgehead atoms. The molecule has 1 aliphatic heterocycles. The summed E-state index contributed by atoms with van der Waals surface area (Å²) in [6.45, 7) is 0. The number of anilines is 1. The zero-order valence-corrected chi connectivity index (χ0v) is 16.0. The van der Waals surface area contributed by atoms with Crippen LogP contribution in [-0.4, -0.2) is 17.0 Å². The summed E-state index contributed by atoms with van der Waals surface area (Å²) in [4.78, 5) is 24.9. The highest BCUT2D eigenvalue weighted by Crippen LogP contribution is 2.47. The summed E-state index contributed by atoms with van der Waals surface area (Å²) in [6, 6.07) is 12.7. The molecule has 3 heterocycles. The molecule has 0 saturated heterocycles. The Kier molecular flexibility index (Phi) is 4.27. The second-order valence-corrected chi connectivity index (χ2v) is 7.72. The van der Waals surface area contributed by atoms with Crippen LogP contribution in [-0.2, 0) is 15.1 Å². The molecule has 30 heavy (non-hydrogen) atoms. The number of rotatable bonds is 3. The number of esters is 1. The Morgan fingerprint density at radius 3 is 2.73 bits per heavy atom. The van der Waals surface area contributed by atoms with Gasteiger partial charge in [-0.25, -0.2) is 4.79 Å². The number of fused-ring (bicyclic) bond motifs is 2. The van der Waals surface area contributed by atoms with E-state index in [1.54, 1.807) is 6.07 Å². The molecule has 1 fully saturated rings. The molecule has 0 unspecified atom stereocenters. The van der Waals surface area contributed by atoms with Crippen molar-refractivity contribution in [3.8, 4) is 11.3 Å². The molecule has 152 valence electrons. The number of carbonyl (C=O) groups excluding carboxylic acids is 2. The lowest BCUT2D eigenvalue weighted by Crippen LogP contribution is -2.37. The summed E-state index contributed by atoms with van der Waals surface area (Å²) in [6.07, 6.45) is 4.75. The van der Waals surface area contributed by atoms with Crippen molar-refractivity contribution in [3.05, 3.63) is 71.2 Å². The standard InChI is InChI=1S/C22H19N3O5/c26-20(23-19-12-18(30-24-19)14-4-2-1-3-5-14)15-6-9-22(10-7-15)17-13-25(28)11-8-16(17)21(27)29-22/h1-5,8,11-13,15H,6-7,9-10H2,(H,23,24,26). The van der Waals surface area contributed by atoms with Crippen LogP contribution >= 0.6 is 0 Å². The van der Waals surface area contributed by atoms with Crippen LogP contribution in [0.1, 0.15) is 41.6 Å². The molecule has 0 radical (unpaired) electrons. The molecule has 1 spiro atoms. The van der Waals surface area contributed by atoms with Crippen molar-refractivity contribution in [1.29, 1.82) is 0 Å². The van der Waals surface area contributed by atoms with Gasteiger partial charge in [-0.15, -0.1) is 0 Å². The van der Waals surface area contributed by atoms with Gasteiger partial charge in [-0.05, 0) is 25.7 Å². The topological polar surface area (TPSA) is 108 Å². The van der Waals surface area contributed by atoms with Gasteiger partial charge < -0.3 is 19.8 Å². The summed E-state index contributed by atoms with van der Waals surface area (Å²) in [7, 11) is 0. The Bertz CT molecular complexity index is 1120. The number of hydrogen-bond donors (Lipinski definition) is 1. The molecule has 1 aromatic carbocycles. The van der Waals surface area contributed by atoms with Crippen LogP contribution < -0.4 is 10.0 Å². The Morgan fingerprint density at radius 2 is 1.97 bits per heavy atom. The lowest BCUT2D eigenvalue weighted by molar-refractivity contribution is -0.606. The van der Waals surface area contributed by atoms with Gasteiger partial charge in [-0.2, -0.15) is 4.73 Å². The van der Waals surface area contributed by atoms with E-state index in [0.717, 1.165) is 5.56 Å². The third-order valence-corrected chi connectivity index (χ3v) is 5.92. The molecule has 8 heteroatoms. The summed E-state index contributed by atoms with van der Waals surface area (Å²) in [5.41, 5.74) is 1.11. The molecule has 2 aromatic heterocycles. The van der Waals surface area contributed by atoms with Crippen molar-refractivity contribution in [2.45, 2.75) is 31.3 Å². The van der Waals surface area contributed by atoms with E-state index in [0.29, 0.717) is 53.1 Å². The average molecular weight is 405 g/mol. The Labute approximate surface area is 172 Å². The van der Waals surface area contributed by atoms with E-state index in [-0.39, 0.29) is 11.8 Å². The third kappa shape index (κ3) is 3.10. The first-order valence-electron chi connectivity index (χ1n) is 9.84. The van der Waals surface area contributed by atoms with Gasteiger partial charge in [0.1, 0.15) is 5.60 Å². The third-order valence-electron chi connectivity index (χ3n) is 5.92. The van der Waals surface area contributed by atoms with E-state index in [2.05, 4.69) is 10.5 Å². The van der Waals surface area contributed by atoms with Gasteiger partial charge in [-0.1, -0.05) is 35.5 Å². The summed E-state index contributed by atoms with van der Waals surface area (Å²) in [5, 5.41) is 18.5. The molecular formula is C22H19N3O5. The number of amides is 1. The van der Waals surface area contributed by atoms with E-state index in [4.69, 9.17) is 9.26 Å². The number of hydrogen-bond acceptors (Lipinski definition) is 6. The first-order chi connectivity index (χ1) is 14.5. The molecule has 8 nitrogen and oxygen atoms in total. The maximum atomic E-state index is 12.7. The highest BCUT2D eigenvalue weighted by Gasteiger charge is 2.50. The van der Waals surface area contributed by atoms with E-state index >= 15 is 0 Å². The molecular weight excluding hydrogens is 386 g/mol. The van der Waals surface area contributed by atoms with Crippen molar-refractivity contribution in [1.82, 2.24) is 5.16 Å². The van der Waals surface area contributed by atoms with Gasteiger partial charge in [0.15, 0.2) is 24.0 Å². The van der Waals surface area contributed by atoms with Crippen molar-refractivity contribution >= 4 is 17.7 Å². The van der Waals surface area contributed by atoms with Gasteiger partial charge in [0.2, 0.25) is 5.91 Å². The van der Waals surface area contributed by atoms with Gasteiger partial charge in [0.25, 0.3) is 0 Å². The number of carbonyl (C=O) groups is 2. The Balaban J connectivity index is 1.26. The fraction of sp³-hybridized carbons (Fsp3) is 0.273. The molecule has 2 aliphatic rings. The van der Waals surface area contributed by atoms with Gasteiger partial charge in [0, 0.05) is 23.6 Å². The predicted octanol–water partition coefficient (Wildman–Crippen LogP) is 3.17. The quantitative estimate of drug-likeness (QED) is 0.407. The molecule has 3 aromatic rings. The second kappa shape index (κ2) is 6.98. The monoisotopic (exact) mass is 405 g/mol. The highest BCUT2D eigenvalue weighted by molar-refractivity contribution is 5.95. The van der Waals surface area contributed by atoms with Crippen molar-refractivity contribution in [3.63, 3.8) is 0 Å². The average Bonchev–Trinajstić information content (AvgIpc) is 3.32. The lowest BCUT2D eigenvalue weighted by Gasteiger charge is -2.35. The first kappa shape index (κ1) is 18.4. The van der Waals surface area contributed by atoms with Crippen LogP contribution in [0.25, 0.3) is 11.3 Å². The van der Waals surface area contributed by atoms with Gasteiger partial charge >= 0.3 is 5.97 Å². The number of nitrogens with zero attached hydrogens (tertiary/aromatic N) is 2. The van der Waals surface area contributed by atoms with Crippen LogP contribution in [0.5, 0.6) is 0 Å². The normalized spacial score (nSPS) is 22.5. The van der Waals surface area contributed by atoms with E-state index < -0.39 is 11.6 Å². The fourth-order valence-corrected chi connectivity index (χ4v) is 4.32. The number of pyridine rings is 1. The van der Waals surface area contributed by atoms with Crippen LogP contribution in [0, 0.1) is 11.1 Å². The largest absolute Gasteiger partial charge is 0.619 e. The smallest absolute Gasteiger partial charge is 0.339 e. The molecule has 1 amide bonds. The fourth-order valence-electron chi connectivity index (χ4n) is 4.32. The van der Waals surface area contributed by atoms with Crippen molar-refractivity contribution in [2.75, 3.05) is 5.32 Å². The molecule has 1 aliphatic carbocycles. The molecule has 1 saturated carbocycles. The second-order valence-electron chi connectivity index (χ2n) is 7.72. The van der Waals surface area contributed by atoms with Crippen LogP contribution in [0.15, 0.2) is 59.4 Å². The van der Waals surface area contributed by atoms with Gasteiger partial charge in [0.05, 0.1) is 11.1 Å². The summed E-state index contributed by atoms with van der Waals surface area (Å²) >= 11 is 0. The van der Waals surface area contributed by atoms with E-state index in [9.17, 15) is 14.8 Å². The SMILES string of the molecule is O=C1OC2(CCC(C(=O)Nc3cc(-c4ccccc4)on3)CC2)c2c[n+]([O-])ccc21. The molecule has 0 atom stereocenters. The summed E-state index contributed by atoms with van der Waals surface area (Å²) in [5.74, 6) is 0.148. The Hall–Kier alpha value is -3.68. The van der Waals surface area contributed by atoms with Gasteiger partial charge in [-0.3, -0.25) is 4.79 Å². The number of benzene rings is 1. The predicted molar refractivity (Wildman–Crippen MR) is 105 cm³/mol. The summed E-state index contributed by atoms with van der Waals surface area (Å²) < 4.78 is 11.7. The minimum atomic E-state index is -0.814. The number of aromatic nitrogens is 2. The molecule has 5 rings (SSSR count). The van der Waals surface area contributed by atoms with Crippen molar-refractivity contribution < 1.29 is 23.6 Å². The van der Waals surface area contributed by atoms with E-state index in [1.165, 1.54) is 18.5 Å². The zero-order valence-electron chi connectivity index (χ0n) is 16.0. The number of ether oxygens (including phenoxy) is 1. The minimum absolute atomic E-state index is 0.144. The number of nitrogens with one attached hydrogen (secondary N) is 1. The highest BCUT2D eigenvalue weighted by atomic mass is 16.6.